The molecule has 0 bridgehead atoms. The fraction of sp³-hybridized carbons (Fsp3) is 0.350. The molecule has 0 saturated heterocycles. The van der Waals surface area contributed by atoms with Gasteiger partial charge >= 0.3 is 0 Å². The van der Waals surface area contributed by atoms with Crippen molar-refractivity contribution < 1.29 is 17.9 Å². The summed E-state index contributed by atoms with van der Waals surface area (Å²) in [7, 11) is -1.92. The molecule has 0 fully saturated rings. The first-order valence-electron chi connectivity index (χ1n) is 8.53. The van der Waals surface area contributed by atoms with Crippen LogP contribution in [-0.4, -0.2) is 39.1 Å². The minimum Gasteiger partial charge on any atom is -0.495 e. The summed E-state index contributed by atoms with van der Waals surface area (Å²) < 4.78 is 29.5. The molecule has 0 aromatic heterocycles. The minimum absolute atomic E-state index is 0.0157. The Morgan fingerprint density at radius 2 is 1.85 bits per heavy atom. The lowest BCUT2D eigenvalue weighted by Gasteiger charge is -2.29. The van der Waals surface area contributed by atoms with Crippen LogP contribution in [0.15, 0.2) is 47.4 Å². The van der Waals surface area contributed by atoms with E-state index in [1.54, 1.807) is 13.0 Å². The largest absolute Gasteiger partial charge is 0.495 e. The van der Waals surface area contributed by atoms with E-state index in [4.69, 9.17) is 4.74 Å². The summed E-state index contributed by atoms with van der Waals surface area (Å²) in [6.07, 6.45) is 2.42. The number of fused-ring (bicyclic) bond motifs is 1. The fourth-order valence-electron chi connectivity index (χ4n) is 3.58. The molecule has 26 heavy (non-hydrogen) atoms. The zero-order chi connectivity index (χ0) is 18.9. The Morgan fingerprint density at radius 3 is 2.42 bits per heavy atom. The Morgan fingerprint density at radius 1 is 1.15 bits per heavy atom. The SMILES string of the molecule is COc1cc2c(cc1S(C)(=O)=O)CCN(C(C)=O)C(c1ccccc1)C2. The van der Waals surface area contributed by atoms with E-state index in [1.165, 1.54) is 13.4 Å². The zero-order valence-corrected chi connectivity index (χ0v) is 16.0. The predicted molar refractivity (Wildman–Crippen MR) is 100 cm³/mol. The number of nitrogens with zero attached hydrogens (tertiary/aromatic N) is 1. The Labute approximate surface area is 154 Å². The highest BCUT2D eigenvalue weighted by Crippen LogP contribution is 2.35. The normalized spacial score (nSPS) is 17.3. The first-order chi connectivity index (χ1) is 12.3. The Hall–Kier alpha value is -2.34. The second-order valence-electron chi connectivity index (χ2n) is 6.64. The molecule has 0 saturated carbocycles. The number of amides is 1. The van der Waals surface area contributed by atoms with Crippen molar-refractivity contribution in [2.45, 2.75) is 30.7 Å². The van der Waals surface area contributed by atoms with E-state index in [1.807, 2.05) is 41.3 Å². The molecule has 0 N–H and O–H groups in total. The van der Waals surface area contributed by atoms with E-state index in [0.29, 0.717) is 25.1 Å². The highest BCUT2D eigenvalue weighted by Gasteiger charge is 2.29. The van der Waals surface area contributed by atoms with Gasteiger partial charge in [-0.3, -0.25) is 4.79 Å². The van der Waals surface area contributed by atoms with Crippen LogP contribution in [0, 0.1) is 0 Å². The number of sulfone groups is 1. The summed E-state index contributed by atoms with van der Waals surface area (Å²) in [5.74, 6) is 0.372. The molecule has 1 aliphatic rings. The molecule has 1 heterocycles. The van der Waals surface area contributed by atoms with Gasteiger partial charge in [-0.05, 0) is 41.7 Å². The van der Waals surface area contributed by atoms with Gasteiger partial charge in [-0.1, -0.05) is 30.3 Å². The molecule has 0 aliphatic carbocycles. The van der Waals surface area contributed by atoms with Crippen molar-refractivity contribution in [3.8, 4) is 5.75 Å². The number of rotatable bonds is 3. The molecule has 2 aromatic carbocycles. The number of benzene rings is 2. The molecule has 5 nitrogen and oxygen atoms in total. The lowest BCUT2D eigenvalue weighted by molar-refractivity contribution is -0.131. The van der Waals surface area contributed by atoms with Gasteiger partial charge in [0.15, 0.2) is 9.84 Å². The van der Waals surface area contributed by atoms with Crippen molar-refractivity contribution in [1.29, 1.82) is 0 Å². The molecule has 0 spiro atoms. The van der Waals surface area contributed by atoms with Crippen LogP contribution < -0.4 is 4.74 Å². The van der Waals surface area contributed by atoms with Crippen molar-refractivity contribution in [3.63, 3.8) is 0 Å². The number of carbonyl (C=O) groups is 1. The molecular formula is C20H23NO4S. The fourth-order valence-corrected chi connectivity index (χ4v) is 4.45. The molecular weight excluding hydrogens is 350 g/mol. The summed E-state index contributed by atoms with van der Waals surface area (Å²) in [4.78, 5) is 14.3. The second-order valence-corrected chi connectivity index (χ2v) is 8.62. The van der Waals surface area contributed by atoms with Gasteiger partial charge in [0.25, 0.3) is 0 Å². The average Bonchev–Trinajstić information content (AvgIpc) is 2.79. The summed E-state index contributed by atoms with van der Waals surface area (Å²) in [5.41, 5.74) is 3.05. The Kier molecular flexibility index (Phi) is 5.05. The van der Waals surface area contributed by atoms with Crippen LogP contribution in [0.3, 0.4) is 0 Å². The first-order valence-corrected chi connectivity index (χ1v) is 10.4. The van der Waals surface area contributed by atoms with E-state index in [0.717, 1.165) is 16.7 Å². The standard InChI is InChI=1S/C20H23NO4S/c1-14(22)21-10-9-16-13-20(26(3,23)24)19(25-2)12-17(16)11-18(21)15-7-5-4-6-8-15/h4-8,12-13,18H,9-11H2,1-3H3. The first kappa shape index (κ1) is 18.5. The second kappa shape index (κ2) is 7.11. The van der Waals surface area contributed by atoms with E-state index < -0.39 is 9.84 Å². The van der Waals surface area contributed by atoms with Crippen LogP contribution in [-0.2, 0) is 27.5 Å². The number of methoxy groups -OCH3 is 1. The summed E-state index contributed by atoms with van der Waals surface area (Å²) in [5, 5.41) is 0. The lowest BCUT2D eigenvalue weighted by atomic mass is 9.95. The Balaban J connectivity index is 2.11. The van der Waals surface area contributed by atoms with Crippen LogP contribution in [0.4, 0.5) is 0 Å². The molecule has 1 atom stereocenters. The van der Waals surface area contributed by atoms with Gasteiger partial charge < -0.3 is 9.64 Å². The van der Waals surface area contributed by atoms with Crippen LogP contribution in [0.2, 0.25) is 0 Å². The number of carbonyl (C=O) groups excluding carboxylic acids is 1. The van der Waals surface area contributed by atoms with Crippen LogP contribution in [0.1, 0.15) is 29.7 Å². The third-order valence-corrected chi connectivity index (χ3v) is 6.00. The molecule has 138 valence electrons. The van der Waals surface area contributed by atoms with Crippen molar-refractivity contribution >= 4 is 15.7 Å². The highest BCUT2D eigenvalue weighted by atomic mass is 32.2. The predicted octanol–water partition coefficient (Wildman–Crippen LogP) is 2.79. The molecule has 0 radical (unpaired) electrons. The van der Waals surface area contributed by atoms with Crippen molar-refractivity contribution in [3.05, 3.63) is 59.2 Å². The third-order valence-electron chi connectivity index (χ3n) is 4.89. The van der Waals surface area contributed by atoms with E-state index in [2.05, 4.69) is 0 Å². The molecule has 1 aliphatic heterocycles. The number of hydrogen-bond donors (Lipinski definition) is 0. The summed E-state index contributed by atoms with van der Waals surface area (Å²) in [6, 6.07) is 13.4. The van der Waals surface area contributed by atoms with Gasteiger partial charge in [-0.2, -0.15) is 0 Å². The van der Waals surface area contributed by atoms with E-state index in [9.17, 15) is 13.2 Å². The van der Waals surface area contributed by atoms with Gasteiger partial charge in [0.05, 0.1) is 13.2 Å². The van der Waals surface area contributed by atoms with Gasteiger partial charge in [0, 0.05) is 19.7 Å². The number of hydrogen-bond acceptors (Lipinski definition) is 4. The average molecular weight is 373 g/mol. The van der Waals surface area contributed by atoms with Gasteiger partial charge in [0.1, 0.15) is 10.6 Å². The maximum atomic E-state index is 12.2. The number of ether oxygens (including phenoxy) is 1. The van der Waals surface area contributed by atoms with Crippen LogP contribution in [0.5, 0.6) is 5.75 Å². The van der Waals surface area contributed by atoms with E-state index >= 15 is 0 Å². The van der Waals surface area contributed by atoms with Gasteiger partial charge in [0.2, 0.25) is 5.91 Å². The zero-order valence-electron chi connectivity index (χ0n) is 15.2. The van der Waals surface area contributed by atoms with E-state index in [-0.39, 0.29) is 16.8 Å². The summed E-state index contributed by atoms with van der Waals surface area (Å²) in [6.45, 7) is 2.13. The van der Waals surface area contributed by atoms with Gasteiger partial charge in [-0.15, -0.1) is 0 Å². The summed E-state index contributed by atoms with van der Waals surface area (Å²) >= 11 is 0. The lowest BCUT2D eigenvalue weighted by Crippen LogP contribution is -2.34. The molecule has 3 rings (SSSR count). The molecule has 2 aromatic rings. The maximum Gasteiger partial charge on any atom is 0.219 e. The van der Waals surface area contributed by atoms with Crippen LogP contribution in [0.25, 0.3) is 0 Å². The van der Waals surface area contributed by atoms with Crippen molar-refractivity contribution in [2.24, 2.45) is 0 Å². The molecule has 1 amide bonds. The monoisotopic (exact) mass is 373 g/mol. The van der Waals surface area contributed by atoms with Crippen molar-refractivity contribution in [1.82, 2.24) is 4.90 Å². The smallest absolute Gasteiger partial charge is 0.219 e. The molecule has 6 heteroatoms. The molecule has 1 unspecified atom stereocenters. The maximum absolute atomic E-state index is 12.2. The highest BCUT2D eigenvalue weighted by molar-refractivity contribution is 7.90. The quantitative estimate of drug-likeness (QED) is 0.830. The third kappa shape index (κ3) is 3.60. The van der Waals surface area contributed by atoms with Gasteiger partial charge in [-0.25, -0.2) is 8.42 Å². The Bertz CT molecular complexity index is 922. The topological polar surface area (TPSA) is 63.7 Å². The minimum atomic E-state index is -3.39. The van der Waals surface area contributed by atoms with Crippen molar-refractivity contribution in [2.75, 3.05) is 19.9 Å². The van der Waals surface area contributed by atoms with Crippen LogP contribution >= 0.6 is 0 Å².